The molecule has 0 aromatic heterocycles. The van der Waals surface area contributed by atoms with Gasteiger partial charge in [-0.05, 0) is 25.6 Å². The van der Waals surface area contributed by atoms with Gasteiger partial charge in [0, 0.05) is 6.54 Å². The van der Waals surface area contributed by atoms with Crippen molar-refractivity contribution in [1.82, 2.24) is 4.90 Å². The molecule has 0 spiro atoms. The van der Waals surface area contributed by atoms with Crippen LogP contribution in [0.15, 0.2) is 35.5 Å². The van der Waals surface area contributed by atoms with E-state index in [-0.39, 0.29) is 11.8 Å². The lowest BCUT2D eigenvalue weighted by Crippen LogP contribution is -2.33. The number of oxime groups is 1. The molecule has 0 amide bonds. The summed E-state index contributed by atoms with van der Waals surface area (Å²) in [6, 6.07) is 9.93. The number of likely N-dealkylation sites (N-methyl/N-ethyl adjacent to an activating group) is 1. The summed E-state index contributed by atoms with van der Waals surface area (Å²) in [5.74, 6) is 0.211. The zero-order valence-corrected chi connectivity index (χ0v) is 11.2. The maximum Gasteiger partial charge on any atom is 0.147 e. The average molecular weight is 249 g/mol. The van der Waals surface area contributed by atoms with Gasteiger partial charge in [-0.2, -0.15) is 0 Å². The minimum atomic E-state index is -0.0574. The van der Waals surface area contributed by atoms with Gasteiger partial charge in [-0.3, -0.25) is 0 Å². The van der Waals surface area contributed by atoms with Crippen LogP contribution >= 0.6 is 0 Å². The fraction of sp³-hybridized carbons (Fsp3) is 0.500. The molecule has 0 saturated carbocycles. The summed E-state index contributed by atoms with van der Waals surface area (Å²) < 4.78 is 0. The Morgan fingerprint density at radius 3 is 2.61 bits per heavy atom. The van der Waals surface area contributed by atoms with Crippen LogP contribution in [0.2, 0.25) is 0 Å². The lowest BCUT2D eigenvalue weighted by atomic mass is 9.97. The van der Waals surface area contributed by atoms with E-state index in [1.807, 2.05) is 30.3 Å². The summed E-state index contributed by atoms with van der Waals surface area (Å²) in [5.41, 5.74) is 6.88. The van der Waals surface area contributed by atoms with Crippen LogP contribution in [-0.4, -0.2) is 36.1 Å². The summed E-state index contributed by atoms with van der Waals surface area (Å²) in [5, 5.41) is 12.1. The molecule has 0 aliphatic heterocycles. The standard InChI is InChI=1S/C14H23N3O/c1-3-4-10-17(2)11-13(14(15)16-18)12-8-6-5-7-9-12/h5-9,13,18H,3-4,10-11H2,1-2H3,(H2,15,16). The molecule has 0 heterocycles. The van der Waals surface area contributed by atoms with Gasteiger partial charge in [0.1, 0.15) is 5.84 Å². The molecule has 0 radical (unpaired) electrons. The highest BCUT2D eigenvalue weighted by molar-refractivity contribution is 5.87. The quantitative estimate of drug-likeness (QED) is 0.337. The van der Waals surface area contributed by atoms with Crippen molar-refractivity contribution in [1.29, 1.82) is 0 Å². The van der Waals surface area contributed by atoms with Crippen molar-refractivity contribution < 1.29 is 5.21 Å². The van der Waals surface area contributed by atoms with E-state index in [9.17, 15) is 0 Å². The molecule has 100 valence electrons. The van der Waals surface area contributed by atoms with Gasteiger partial charge >= 0.3 is 0 Å². The van der Waals surface area contributed by atoms with Gasteiger partial charge in [-0.25, -0.2) is 0 Å². The average Bonchev–Trinajstić information content (AvgIpc) is 2.42. The Morgan fingerprint density at radius 1 is 1.39 bits per heavy atom. The molecule has 1 aromatic rings. The molecule has 0 saturated heterocycles. The largest absolute Gasteiger partial charge is 0.409 e. The fourth-order valence-corrected chi connectivity index (χ4v) is 1.96. The summed E-state index contributed by atoms with van der Waals surface area (Å²) in [6.07, 6.45) is 2.33. The topological polar surface area (TPSA) is 61.8 Å². The molecular weight excluding hydrogens is 226 g/mol. The normalized spacial score (nSPS) is 13.8. The predicted molar refractivity (Wildman–Crippen MR) is 75.0 cm³/mol. The lowest BCUT2D eigenvalue weighted by molar-refractivity contribution is 0.303. The second-order valence-corrected chi connectivity index (χ2v) is 4.60. The molecule has 4 heteroatoms. The molecule has 4 nitrogen and oxygen atoms in total. The first-order valence-corrected chi connectivity index (χ1v) is 6.40. The Labute approximate surface area is 109 Å². The van der Waals surface area contributed by atoms with Crippen LogP contribution in [0, 0.1) is 0 Å². The van der Waals surface area contributed by atoms with E-state index in [4.69, 9.17) is 10.9 Å². The maximum atomic E-state index is 8.90. The number of unbranched alkanes of at least 4 members (excludes halogenated alkanes) is 1. The highest BCUT2D eigenvalue weighted by atomic mass is 16.4. The number of amidine groups is 1. The second kappa shape index (κ2) is 7.71. The minimum Gasteiger partial charge on any atom is -0.409 e. The summed E-state index contributed by atoms with van der Waals surface area (Å²) >= 11 is 0. The third-order valence-corrected chi connectivity index (χ3v) is 3.06. The van der Waals surface area contributed by atoms with Gasteiger partial charge in [-0.1, -0.05) is 48.8 Å². The minimum absolute atomic E-state index is 0.0574. The number of nitrogens with two attached hydrogens (primary N) is 1. The Hall–Kier alpha value is -1.55. The smallest absolute Gasteiger partial charge is 0.147 e. The van der Waals surface area contributed by atoms with Crippen LogP contribution in [0.5, 0.6) is 0 Å². The van der Waals surface area contributed by atoms with Crippen LogP contribution in [0.3, 0.4) is 0 Å². The molecule has 1 unspecified atom stereocenters. The van der Waals surface area contributed by atoms with Gasteiger partial charge in [0.2, 0.25) is 0 Å². The Bertz CT molecular complexity index is 365. The Kier molecular flexibility index (Phi) is 6.22. The molecule has 0 fully saturated rings. The van der Waals surface area contributed by atoms with Gasteiger partial charge in [0.05, 0.1) is 5.92 Å². The highest BCUT2D eigenvalue weighted by Gasteiger charge is 2.18. The van der Waals surface area contributed by atoms with Crippen molar-refractivity contribution in [3.63, 3.8) is 0 Å². The van der Waals surface area contributed by atoms with Crippen LogP contribution in [0.4, 0.5) is 0 Å². The predicted octanol–water partition coefficient (Wildman–Crippen LogP) is 2.25. The Balaban J connectivity index is 2.74. The maximum absolute atomic E-state index is 8.90. The number of hydrogen-bond donors (Lipinski definition) is 2. The number of nitrogens with zero attached hydrogens (tertiary/aromatic N) is 2. The molecule has 1 aromatic carbocycles. The third kappa shape index (κ3) is 4.37. The first-order valence-electron chi connectivity index (χ1n) is 6.40. The summed E-state index contributed by atoms with van der Waals surface area (Å²) in [6.45, 7) is 3.96. The molecule has 0 aliphatic rings. The van der Waals surface area contributed by atoms with Crippen LogP contribution in [-0.2, 0) is 0 Å². The van der Waals surface area contributed by atoms with Gasteiger partial charge in [-0.15, -0.1) is 0 Å². The van der Waals surface area contributed by atoms with Gasteiger partial charge < -0.3 is 15.8 Å². The van der Waals surface area contributed by atoms with Crippen LogP contribution in [0.25, 0.3) is 0 Å². The van der Waals surface area contributed by atoms with E-state index in [1.165, 1.54) is 6.42 Å². The second-order valence-electron chi connectivity index (χ2n) is 4.60. The van der Waals surface area contributed by atoms with Crippen molar-refractivity contribution in [2.24, 2.45) is 10.9 Å². The molecule has 18 heavy (non-hydrogen) atoms. The van der Waals surface area contributed by atoms with Crippen LogP contribution < -0.4 is 5.73 Å². The van der Waals surface area contributed by atoms with E-state index in [2.05, 4.69) is 24.0 Å². The van der Waals surface area contributed by atoms with E-state index in [0.717, 1.165) is 25.1 Å². The molecule has 1 rings (SSSR count). The number of rotatable bonds is 7. The van der Waals surface area contributed by atoms with Crippen LogP contribution in [0.1, 0.15) is 31.2 Å². The van der Waals surface area contributed by atoms with Crippen molar-refractivity contribution in [3.05, 3.63) is 35.9 Å². The molecular formula is C14H23N3O. The van der Waals surface area contributed by atoms with Crippen molar-refractivity contribution in [3.8, 4) is 0 Å². The molecule has 0 aliphatic carbocycles. The summed E-state index contributed by atoms with van der Waals surface area (Å²) in [4.78, 5) is 2.22. The van der Waals surface area contributed by atoms with Crippen molar-refractivity contribution >= 4 is 5.84 Å². The fourth-order valence-electron chi connectivity index (χ4n) is 1.96. The van der Waals surface area contributed by atoms with Gasteiger partial charge in [0.15, 0.2) is 0 Å². The van der Waals surface area contributed by atoms with E-state index in [1.54, 1.807) is 0 Å². The SMILES string of the molecule is CCCCN(C)CC(C(N)=NO)c1ccccc1. The van der Waals surface area contributed by atoms with Crippen molar-refractivity contribution in [2.75, 3.05) is 20.1 Å². The molecule has 3 N–H and O–H groups in total. The zero-order valence-electron chi connectivity index (χ0n) is 11.2. The lowest BCUT2D eigenvalue weighted by Gasteiger charge is -2.23. The zero-order chi connectivity index (χ0) is 13.4. The Morgan fingerprint density at radius 2 is 2.06 bits per heavy atom. The first-order chi connectivity index (χ1) is 8.69. The first kappa shape index (κ1) is 14.5. The number of benzene rings is 1. The van der Waals surface area contributed by atoms with Crippen molar-refractivity contribution in [2.45, 2.75) is 25.7 Å². The van der Waals surface area contributed by atoms with Gasteiger partial charge in [0.25, 0.3) is 0 Å². The molecule has 0 bridgehead atoms. The van der Waals surface area contributed by atoms with E-state index >= 15 is 0 Å². The molecule has 1 atom stereocenters. The monoisotopic (exact) mass is 249 g/mol. The van der Waals surface area contributed by atoms with E-state index < -0.39 is 0 Å². The highest BCUT2D eigenvalue weighted by Crippen LogP contribution is 2.17. The number of hydrogen-bond acceptors (Lipinski definition) is 3. The third-order valence-electron chi connectivity index (χ3n) is 3.06. The summed E-state index contributed by atoms with van der Waals surface area (Å²) in [7, 11) is 2.07. The van der Waals surface area contributed by atoms with E-state index in [0.29, 0.717) is 0 Å².